The summed E-state index contributed by atoms with van der Waals surface area (Å²) < 4.78 is 32.4. The van der Waals surface area contributed by atoms with Crippen molar-refractivity contribution >= 4 is 5.97 Å². The van der Waals surface area contributed by atoms with E-state index >= 15 is 0 Å². The summed E-state index contributed by atoms with van der Waals surface area (Å²) in [6.07, 6.45) is -7.08. The molecule has 2 saturated heterocycles. The summed E-state index contributed by atoms with van der Waals surface area (Å²) >= 11 is 0. The number of ether oxygens (including phenoxy) is 6. The van der Waals surface area contributed by atoms with Crippen LogP contribution in [0.5, 0.6) is 23.0 Å². The maximum Gasteiger partial charge on any atom is 0.338 e. The SMILES string of the molecule is COc1ccc(C[C@@]2(O)C(=O)OC[C@@H]2Cc2ccc(OC)c(O[C@@H]3O[C@H](CO)[C@@H](O)[C@H](O)[C@H]3O)c2)cc1OC. The monoisotopic (exact) mass is 550 g/mol. The normalized spacial score (nSPS) is 30.5. The second-order valence-corrected chi connectivity index (χ2v) is 9.59. The number of benzene rings is 2. The Morgan fingerprint density at radius 3 is 2.13 bits per heavy atom. The van der Waals surface area contributed by atoms with E-state index in [-0.39, 0.29) is 30.9 Å². The van der Waals surface area contributed by atoms with E-state index in [1.54, 1.807) is 36.4 Å². The summed E-state index contributed by atoms with van der Waals surface area (Å²) in [5.41, 5.74) is -0.498. The molecule has 4 rings (SSSR count). The fraction of sp³-hybridized carbons (Fsp3) is 0.519. The first-order valence-corrected chi connectivity index (χ1v) is 12.4. The Morgan fingerprint density at radius 2 is 1.49 bits per heavy atom. The predicted molar refractivity (Wildman–Crippen MR) is 134 cm³/mol. The molecule has 39 heavy (non-hydrogen) atoms. The van der Waals surface area contributed by atoms with Gasteiger partial charge in [-0.25, -0.2) is 4.79 Å². The maximum absolute atomic E-state index is 12.7. The van der Waals surface area contributed by atoms with Gasteiger partial charge in [-0.15, -0.1) is 0 Å². The molecule has 2 aromatic rings. The highest BCUT2D eigenvalue weighted by atomic mass is 16.7. The van der Waals surface area contributed by atoms with Crippen LogP contribution in [0.25, 0.3) is 0 Å². The number of carbonyl (C=O) groups is 1. The third-order valence-electron chi connectivity index (χ3n) is 7.17. The molecule has 214 valence electrons. The van der Waals surface area contributed by atoms with Gasteiger partial charge in [-0.2, -0.15) is 0 Å². The highest BCUT2D eigenvalue weighted by molar-refractivity contribution is 5.82. The molecule has 0 unspecified atom stereocenters. The fourth-order valence-electron chi connectivity index (χ4n) is 4.87. The zero-order chi connectivity index (χ0) is 28.3. The van der Waals surface area contributed by atoms with Crippen LogP contribution in [0.1, 0.15) is 11.1 Å². The number of aliphatic hydroxyl groups excluding tert-OH is 4. The van der Waals surface area contributed by atoms with Gasteiger partial charge in [-0.3, -0.25) is 0 Å². The number of methoxy groups -OCH3 is 3. The maximum atomic E-state index is 12.7. The Kier molecular flexibility index (Phi) is 8.84. The van der Waals surface area contributed by atoms with Crippen molar-refractivity contribution in [2.24, 2.45) is 5.92 Å². The number of aliphatic hydroxyl groups is 5. The average molecular weight is 551 g/mol. The van der Waals surface area contributed by atoms with E-state index in [1.807, 2.05) is 0 Å². The highest BCUT2D eigenvalue weighted by Crippen LogP contribution is 2.38. The van der Waals surface area contributed by atoms with Gasteiger partial charge in [-0.1, -0.05) is 12.1 Å². The summed E-state index contributed by atoms with van der Waals surface area (Å²) in [4.78, 5) is 12.7. The first-order chi connectivity index (χ1) is 18.6. The summed E-state index contributed by atoms with van der Waals surface area (Å²) in [6, 6.07) is 10.1. The van der Waals surface area contributed by atoms with E-state index in [1.165, 1.54) is 21.3 Å². The van der Waals surface area contributed by atoms with Crippen LogP contribution < -0.4 is 18.9 Å². The van der Waals surface area contributed by atoms with Crippen molar-refractivity contribution in [3.63, 3.8) is 0 Å². The quantitative estimate of drug-likeness (QED) is 0.242. The van der Waals surface area contributed by atoms with Gasteiger partial charge in [0, 0.05) is 12.3 Å². The van der Waals surface area contributed by atoms with E-state index < -0.39 is 54.8 Å². The van der Waals surface area contributed by atoms with Gasteiger partial charge in [0.1, 0.15) is 24.4 Å². The van der Waals surface area contributed by atoms with Crippen molar-refractivity contribution in [3.05, 3.63) is 47.5 Å². The van der Waals surface area contributed by atoms with E-state index in [0.29, 0.717) is 22.6 Å². The van der Waals surface area contributed by atoms with Crippen LogP contribution in [-0.2, 0) is 27.1 Å². The molecule has 0 spiro atoms. The van der Waals surface area contributed by atoms with Gasteiger partial charge >= 0.3 is 5.97 Å². The standard InChI is InChI=1S/C27H34O12/c1-34-17-7-5-15(10-19(17)36-3)11-27(33)16(13-37-26(27)32)8-14-4-6-18(35-2)20(9-14)38-25-24(31)23(30)22(29)21(12-28)39-25/h4-7,9-10,16,21-25,28-31,33H,8,11-13H2,1-3H3/t16-,21+,22+,23-,24+,25+,27-/m0/s1. The lowest BCUT2D eigenvalue weighted by atomic mass is 9.81. The van der Waals surface area contributed by atoms with E-state index in [2.05, 4.69) is 0 Å². The lowest BCUT2D eigenvalue weighted by molar-refractivity contribution is -0.277. The van der Waals surface area contributed by atoms with Crippen LogP contribution in [0.3, 0.4) is 0 Å². The van der Waals surface area contributed by atoms with Gasteiger partial charge in [0.25, 0.3) is 0 Å². The number of esters is 1. The van der Waals surface area contributed by atoms with Crippen molar-refractivity contribution < 1.29 is 58.7 Å². The minimum absolute atomic E-state index is 0.00243. The summed E-state index contributed by atoms with van der Waals surface area (Å²) in [7, 11) is 4.43. The van der Waals surface area contributed by atoms with Crippen molar-refractivity contribution in [3.8, 4) is 23.0 Å². The molecule has 0 aliphatic carbocycles. The van der Waals surface area contributed by atoms with Crippen molar-refractivity contribution in [2.45, 2.75) is 49.1 Å². The third kappa shape index (κ3) is 5.76. The smallest absolute Gasteiger partial charge is 0.338 e. The predicted octanol–water partition coefficient (Wildman–Crippen LogP) is -0.420. The molecule has 0 aromatic heterocycles. The van der Waals surface area contributed by atoms with E-state index in [9.17, 15) is 30.3 Å². The highest BCUT2D eigenvalue weighted by Gasteiger charge is 2.51. The van der Waals surface area contributed by atoms with Gasteiger partial charge in [0.15, 0.2) is 28.6 Å². The number of hydrogen-bond donors (Lipinski definition) is 5. The Labute approximate surface area is 225 Å². The van der Waals surface area contributed by atoms with Gasteiger partial charge in [0.05, 0.1) is 34.5 Å². The molecule has 0 saturated carbocycles. The van der Waals surface area contributed by atoms with Gasteiger partial charge in [0.2, 0.25) is 6.29 Å². The lowest BCUT2D eigenvalue weighted by Gasteiger charge is -2.39. The summed E-state index contributed by atoms with van der Waals surface area (Å²) in [5, 5.41) is 51.4. The Hall–Kier alpha value is -3.13. The van der Waals surface area contributed by atoms with Crippen LogP contribution >= 0.6 is 0 Å². The molecular formula is C27H34O12. The molecule has 0 radical (unpaired) electrons. The van der Waals surface area contributed by atoms with Gasteiger partial charge in [-0.05, 0) is 41.8 Å². The Morgan fingerprint density at radius 1 is 0.872 bits per heavy atom. The van der Waals surface area contributed by atoms with Crippen molar-refractivity contribution in [1.82, 2.24) is 0 Å². The molecule has 2 aliphatic heterocycles. The zero-order valence-electron chi connectivity index (χ0n) is 21.9. The molecular weight excluding hydrogens is 516 g/mol. The van der Waals surface area contributed by atoms with Crippen LogP contribution in [0, 0.1) is 5.92 Å². The first-order valence-electron chi connectivity index (χ1n) is 12.4. The van der Waals surface area contributed by atoms with Crippen LogP contribution in [0.2, 0.25) is 0 Å². The minimum atomic E-state index is -1.81. The second-order valence-electron chi connectivity index (χ2n) is 9.59. The first kappa shape index (κ1) is 28.9. The molecule has 0 amide bonds. The number of hydrogen-bond acceptors (Lipinski definition) is 12. The molecule has 2 aliphatic rings. The molecule has 12 nitrogen and oxygen atoms in total. The molecule has 2 fully saturated rings. The second kappa shape index (κ2) is 11.9. The molecule has 12 heteroatoms. The fourth-order valence-corrected chi connectivity index (χ4v) is 4.87. The summed E-state index contributed by atoms with van der Waals surface area (Å²) in [5.74, 6) is 0.0823. The van der Waals surface area contributed by atoms with E-state index in [0.717, 1.165) is 0 Å². The van der Waals surface area contributed by atoms with Gasteiger partial charge < -0.3 is 54.0 Å². The number of rotatable bonds is 10. The lowest BCUT2D eigenvalue weighted by Crippen LogP contribution is -2.60. The van der Waals surface area contributed by atoms with Crippen LogP contribution in [-0.4, -0.2) is 102 Å². The topological polar surface area (TPSA) is 174 Å². The minimum Gasteiger partial charge on any atom is -0.493 e. The molecule has 5 N–H and O–H groups in total. The summed E-state index contributed by atoms with van der Waals surface area (Å²) in [6.45, 7) is -0.603. The van der Waals surface area contributed by atoms with E-state index in [4.69, 9.17) is 28.4 Å². The average Bonchev–Trinajstić information content (AvgIpc) is 3.21. The molecule has 2 heterocycles. The van der Waals surface area contributed by atoms with Crippen LogP contribution in [0.4, 0.5) is 0 Å². The number of carbonyl (C=O) groups excluding carboxylic acids is 1. The van der Waals surface area contributed by atoms with Crippen LogP contribution in [0.15, 0.2) is 36.4 Å². The largest absolute Gasteiger partial charge is 0.493 e. The third-order valence-corrected chi connectivity index (χ3v) is 7.17. The zero-order valence-corrected chi connectivity index (χ0v) is 21.9. The Bertz CT molecular complexity index is 1150. The van der Waals surface area contributed by atoms with Crippen molar-refractivity contribution in [1.29, 1.82) is 0 Å². The number of cyclic esters (lactones) is 1. The molecule has 0 bridgehead atoms. The molecule has 7 atom stereocenters. The van der Waals surface area contributed by atoms with Crippen molar-refractivity contribution in [2.75, 3.05) is 34.5 Å². The Balaban J connectivity index is 1.55. The molecule has 2 aromatic carbocycles.